The standard InChI is InChI=1S/C21H22N4O/c26-21(15-17-7-3-1-4-8-17)25-13-11-24(12-14-25)20-16-19(22-23-20)18-9-5-2-6-10-18/h1-10,16H,11-15H2,(H,22,23). The molecule has 2 heterocycles. The molecule has 0 aliphatic carbocycles. The number of aromatic amines is 1. The van der Waals surface area contributed by atoms with Gasteiger partial charge >= 0.3 is 0 Å². The highest BCUT2D eigenvalue weighted by molar-refractivity contribution is 5.79. The van der Waals surface area contributed by atoms with Crippen LogP contribution in [0.1, 0.15) is 5.56 Å². The fourth-order valence-corrected chi connectivity index (χ4v) is 3.31. The lowest BCUT2D eigenvalue weighted by molar-refractivity contribution is -0.130. The molecule has 0 spiro atoms. The van der Waals surface area contributed by atoms with Crippen LogP contribution in [0.4, 0.5) is 5.82 Å². The number of carbonyl (C=O) groups excluding carboxylic acids is 1. The first-order chi connectivity index (χ1) is 12.8. The lowest BCUT2D eigenvalue weighted by atomic mass is 10.1. The predicted octanol–water partition coefficient (Wildman–Crippen LogP) is 2.97. The van der Waals surface area contributed by atoms with Gasteiger partial charge in [-0.2, -0.15) is 5.10 Å². The van der Waals surface area contributed by atoms with E-state index in [0.717, 1.165) is 48.8 Å². The smallest absolute Gasteiger partial charge is 0.227 e. The van der Waals surface area contributed by atoms with Crippen LogP contribution in [0, 0.1) is 0 Å². The molecule has 1 N–H and O–H groups in total. The quantitative estimate of drug-likeness (QED) is 0.790. The molecule has 132 valence electrons. The Hall–Kier alpha value is -3.08. The fourth-order valence-electron chi connectivity index (χ4n) is 3.31. The molecule has 1 saturated heterocycles. The van der Waals surface area contributed by atoms with E-state index in [0.29, 0.717) is 6.42 Å². The molecule has 0 unspecified atom stereocenters. The van der Waals surface area contributed by atoms with Gasteiger partial charge in [-0.1, -0.05) is 60.7 Å². The number of carbonyl (C=O) groups is 1. The third kappa shape index (κ3) is 3.61. The molecule has 0 saturated carbocycles. The lowest BCUT2D eigenvalue weighted by Crippen LogP contribution is -2.49. The van der Waals surface area contributed by atoms with E-state index < -0.39 is 0 Å². The van der Waals surface area contributed by atoms with Crippen LogP contribution in [0.25, 0.3) is 11.3 Å². The zero-order valence-corrected chi connectivity index (χ0v) is 14.6. The molecule has 0 atom stereocenters. The van der Waals surface area contributed by atoms with Crippen LogP contribution in [-0.2, 0) is 11.2 Å². The van der Waals surface area contributed by atoms with Gasteiger partial charge in [0, 0.05) is 32.2 Å². The summed E-state index contributed by atoms with van der Waals surface area (Å²) < 4.78 is 0. The molecule has 4 rings (SSSR count). The number of H-pyrrole nitrogens is 1. The van der Waals surface area contributed by atoms with Crippen molar-refractivity contribution in [3.05, 3.63) is 72.3 Å². The largest absolute Gasteiger partial charge is 0.352 e. The van der Waals surface area contributed by atoms with Gasteiger partial charge in [0.2, 0.25) is 5.91 Å². The maximum atomic E-state index is 12.5. The number of nitrogens with one attached hydrogen (secondary N) is 1. The first kappa shape index (κ1) is 16.4. The van der Waals surface area contributed by atoms with Gasteiger partial charge in [-0.3, -0.25) is 9.89 Å². The van der Waals surface area contributed by atoms with Crippen LogP contribution >= 0.6 is 0 Å². The molecule has 1 aromatic heterocycles. The van der Waals surface area contributed by atoms with Crippen molar-refractivity contribution in [3.63, 3.8) is 0 Å². The van der Waals surface area contributed by atoms with Crippen LogP contribution in [0.2, 0.25) is 0 Å². The minimum Gasteiger partial charge on any atom is -0.352 e. The Morgan fingerprint density at radius 2 is 1.58 bits per heavy atom. The Kier molecular flexibility index (Phi) is 4.69. The van der Waals surface area contributed by atoms with Crippen LogP contribution in [0.15, 0.2) is 66.7 Å². The van der Waals surface area contributed by atoms with Crippen LogP contribution in [0.5, 0.6) is 0 Å². The number of aromatic nitrogens is 2. The van der Waals surface area contributed by atoms with E-state index in [-0.39, 0.29) is 5.91 Å². The summed E-state index contributed by atoms with van der Waals surface area (Å²) >= 11 is 0. The van der Waals surface area contributed by atoms with Gasteiger partial charge in [-0.25, -0.2) is 0 Å². The molecule has 1 aliphatic heterocycles. The molecule has 2 aromatic carbocycles. The highest BCUT2D eigenvalue weighted by atomic mass is 16.2. The molecular weight excluding hydrogens is 324 g/mol. The van der Waals surface area contributed by atoms with Gasteiger partial charge in [-0.15, -0.1) is 0 Å². The summed E-state index contributed by atoms with van der Waals surface area (Å²) in [6, 6.07) is 22.2. The predicted molar refractivity (Wildman–Crippen MR) is 103 cm³/mol. The minimum absolute atomic E-state index is 0.197. The third-order valence-corrected chi connectivity index (χ3v) is 4.80. The van der Waals surface area contributed by atoms with Gasteiger partial charge in [-0.05, 0) is 11.1 Å². The van der Waals surface area contributed by atoms with Crippen molar-refractivity contribution in [1.82, 2.24) is 15.1 Å². The molecule has 5 nitrogen and oxygen atoms in total. The summed E-state index contributed by atoms with van der Waals surface area (Å²) in [5, 5.41) is 7.57. The van der Waals surface area contributed by atoms with E-state index in [9.17, 15) is 4.79 Å². The van der Waals surface area contributed by atoms with E-state index in [4.69, 9.17) is 0 Å². The summed E-state index contributed by atoms with van der Waals surface area (Å²) in [6.07, 6.45) is 0.474. The van der Waals surface area contributed by atoms with E-state index in [1.54, 1.807) is 0 Å². The van der Waals surface area contributed by atoms with E-state index >= 15 is 0 Å². The molecule has 1 amide bonds. The van der Waals surface area contributed by atoms with Gasteiger partial charge in [0.15, 0.2) is 5.82 Å². The first-order valence-corrected chi connectivity index (χ1v) is 8.97. The Labute approximate surface area is 153 Å². The van der Waals surface area contributed by atoms with Crippen molar-refractivity contribution in [3.8, 4) is 11.3 Å². The second-order valence-corrected chi connectivity index (χ2v) is 6.54. The topological polar surface area (TPSA) is 52.2 Å². The van der Waals surface area contributed by atoms with Crippen molar-refractivity contribution in [2.24, 2.45) is 0 Å². The van der Waals surface area contributed by atoms with Crippen molar-refractivity contribution < 1.29 is 4.79 Å². The highest BCUT2D eigenvalue weighted by Crippen LogP contribution is 2.22. The number of nitrogens with zero attached hydrogens (tertiary/aromatic N) is 3. The summed E-state index contributed by atoms with van der Waals surface area (Å²) in [5.74, 6) is 1.14. The molecule has 1 aliphatic rings. The summed E-state index contributed by atoms with van der Waals surface area (Å²) in [4.78, 5) is 16.7. The van der Waals surface area contributed by atoms with Crippen molar-refractivity contribution in [2.45, 2.75) is 6.42 Å². The number of benzene rings is 2. The number of anilines is 1. The van der Waals surface area contributed by atoms with Gasteiger partial charge in [0.05, 0.1) is 12.1 Å². The average Bonchev–Trinajstić information content (AvgIpc) is 3.20. The Balaban J connectivity index is 1.35. The average molecular weight is 346 g/mol. The van der Waals surface area contributed by atoms with E-state index in [2.05, 4.69) is 33.3 Å². The summed E-state index contributed by atoms with van der Waals surface area (Å²) in [5.41, 5.74) is 3.21. The van der Waals surface area contributed by atoms with Crippen LogP contribution < -0.4 is 4.90 Å². The van der Waals surface area contributed by atoms with E-state index in [1.807, 2.05) is 53.4 Å². The molecule has 3 aromatic rings. The number of rotatable bonds is 4. The van der Waals surface area contributed by atoms with E-state index in [1.165, 1.54) is 0 Å². The van der Waals surface area contributed by atoms with Crippen LogP contribution in [0.3, 0.4) is 0 Å². The maximum absolute atomic E-state index is 12.5. The molecule has 1 fully saturated rings. The van der Waals surface area contributed by atoms with Crippen LogP contribution in [-0.4, -0.2) is 47.2 Å². The Morgan fingerprint density at radius 3 is 2.27 bits per heavy atom. The minimum atomic E-state index is 0.197. The molecule has 0 bridgehead atoms. The molecule has 26 heavy (non-hydrogen) atoms. The second kappa shape index (κ2) is 7.44. The maximum Gasteiger partial charge on any atom is 0.227 e. The Bertz CT molecular complexity index is 852. The number of hydrogen-bond acceptors (Lipinski definition) is 3. The molecular formula is C21H22N4O. The number of amides is 1. The highest BCUT2D eigenvalue weighted by Gasteiger charge is 2.22. The zero-order valence-electron chi connectivity index (χ0n) is 14.6. The molecule has 0 radical (unpaired) electrons. The van der Waals surface area contributed by atoms with Gasteiger partial charge < -0.3 is 9.80 Å². The Morgan fingerprint density at radius 1 is 0.923 bits per heavy atom. The summed E-state index contributed by atoms with van der Waals surface area (Å²) in [7, 11) is 0. The third-order valence-electron chi connectivity index (χ3n) is 4.80. The number of hydrogen-bond donors (Lipinski definition) is 1. The fraction of sp³-hybridized carbons (Fsp3) is 0.238. The zero-order chi connectivity index (χ0) is 17.8. The lowest BCUT2D eigenvalue weighted by Gasteiger charge is -2.34. The van der Waals surface area contributed by atoms with Crippen molar-refractivity contribution >= 4 is 11.7 Å². The van der Waals surface area contributed by atoms with Gasteiger partial charge in [0.25, 0.3) is 0 Å². The summed E-state index contributed by atoms with van der Waals surface area (Å²) in [6.45, 7) is 3.08. The SMILES string of the molecule is O=C(Cc1ccccc1)N1CCN(c2cc(-c3ccccc3)[nH]n2)CC1. The monoisotopic (exact) mass is 346 g/mol. The normalized spacial score (nSPS) is 14.5. The number of piperazine rings is 1. The van der Waals surface area contributed by atoms with Crippen molar-refractivity contribution in [2.75, 3.05) is 31.1 Å². The van der Waals surface area contributed by atoms with Crippen molar-refractivity contribution in [1.29, 1.82) is 0 Å². The second-order valence-electron chi connectivity index (χ2n) is 6.54. The molecule has 5 heteroatoms. The first-order valence-electron chi connectivity index (χ1n) is 8.97. The van der Waals surface area contributed by atoms with Gasteiger partial charge in [0.1, 0.15) is 0 Å².